The van der Waals surface area contributed by atoms with Crippen LogP contribution in [0.5, 0.6) is 0 Å². The van der Waals surface area contributed by atoms with Crippen molar-refractivity contribution in [2.45, 2.75) is 26.7 Å². The molecule has 0 bridgehead atoms. The number of rotatable bonds is 3. The Morgan fingerprint density at radius 3 is 2.62 bits per heavy atom. The molecule has 0 nitrogen and oxygen atoms in total. The van der Waals surface area contributed by atoms with Crippen molar-refractivity contribution in [1.82, 2.24) is 0 Å². The first kappa shape index (κ1) is 7.74. The second-order valence-corrected chi connectivity index (χ2v) is 2.08. The molecule has 47 valence electrons. The minimum Gasteiger partial charge on any atom is -0.0917 e. The maximum Gasteiger partial charge on any atom is -0.0322 e. The van der Waals surface area contributed by atoms with Crippen LogP contribution < -0.4 is 0 Å². The molecule has 0 N–H and O–H groups in total. The summed E-state index contributed by atoms with van der Waals surface area (Å²) in [5, 5.41) is 0. The van der Waals surface area contributed by atoms with Gasteiger partial charge in [-0.3, -0.25) is 0 Å². The van der Waals surface area contributed by atoms with Crippen LogP contribution in [0.15, 0.2) is 12.2 Å². The molecule has 0 spiro atoms. The van der Waals surface area contributed by atoms with Crippen molar-refractivity contribution in [1.29, 1.82) is 0 Å². The standard InChI is InChI=1S/C8H15/c1-4-6-7-8(3)5-2/h4,6,8H,3,5,7H2,1-2H3/b6-4+. The molecule has 0 heteroatoms. The maximum atomic E-state index is 3.94. The summed E-state index contributed by atoms with van der Waals surface area (Å²) in [4.78, 5) is 0. The minimum absolute atomic E-state index is 0.617. The van der Waals surface area contributed by atoms with E-state index in [2.05, 4.69) is 26.0 Å². The van der Waals surface area contributed by atoms with Crippen LogP contribution in [0.3, 0.4) is 0 Å². The van der Waals surface area contributed by atoms with E-state index in [4.69, 9.17) is 0 Å². The molecule has 1 radical (unpaired) electrons. The van der Waals surface area contributed by atoms with Crippen LogP contribution in [0.2, 0.25) is 0 Å². The van der Waals surface area contributed by atoms with Gasteiger partial charge < -0.3 is 0 Å². The molecule has 0 heterocycles. The highest BCUT2D eigenvalue weighted by atomic mass is 14.0. The molecular weight excluding hydrogens is 96.1 g/mol. The molecule has 0 saturated heterocycles. The fraction of sp³-hybridized carbons (Fsp3) is 0.625. The summed E-state index contributed by atoms with van der Waals surface area (Å²) in [7, 11) is 0. The lowest BCUT2D eigenvalue weighted by atomic mass is 10.1. The summed E-state index contributed by atoms with van der Waals surface area (Å²) in [5.41, 5.74) is 0. The lowest BCUT2D eigenvalue weighted by Crippen LogP contribution is -1.87. The highest BCUT2D eigenvalue weighted by Crippen LogP contribution is 2.05. The van der Waals surface area contributed by atoms with Crippen LogP contribution >= 0.6 is 0 Å². The molecular formula is C8H15. The average Bonchev–Trinajstić information content (AvgIpc) is 1.83. The van der Waals surface area contributed by atoms with Gasteiger partial charge in [-0.15, -0.1) is 0 Å². The minimum atomic E-state index is 0.617. The second kappa shape index (κ2) is 4.89. The summed E-state index contributed by atoms with van der Waals surface area (Å²) in [5.74, 6) is 0.617. The van der Waals surface area contributed by atoms with Gasteiger partial charge in [0.2, 0.25) is 0 Å². The normalized spacial score (nSPS) is 14.9. The van der Waals surface area contributed by atoms with E-state index in [0.717, 1.165) is 6.42 Å². The molecule has 1 unspecified atom stereocenters. The lowest BCUT2D eigenvalue weighted by molar-refractivity contribution is 0.634. The zero-order chi connectivity index (χ0) is 6.41. The van der Waals surface area contributed by atoms with Gasteiger partial charge in [0.25, 0.3) is 0 Å². The Morgan fingerprint density at radius 1 is 1.62 bits per heavy atom. The molecule has 0 fully saturated rings. The van der Waals surface area contributed by atoms with Crippen LogP contribution in [0.25, 0.3) is 0 Å². The van der Waals surface area contributed by atoms with Crippen LogP contribution in [0.1, 0.15) is 26.7 Å². The summed E-state index contributed by atoms with van der Waals surface area (Å²) in [6.45, 7) is 8.15. The lowest BCUT2D eigenvalue weighted by Gasteiger charge is -2.00. The Balaban J connectivity index is 3.10. The van der Waals surface area contributed by atoms with E-state index < -0.39 is 0 Å². The molecule has 0 aromatic carbocycles. The van der Waals surface area contributed by atoms with Gasteiger partial charge in [-0.2, -0.15) is 0 Å². The van der Waals surface area contributed by atoms with Gasteiger partial charge in [0.1, 0.15) is 0 Å². The Bertz CT molecular complexity index is 62.4. The monoisotopic (exact) mass is 111 g/mol. The topological polar surface area (TPSA) is 0 Å². The van der Waals surface area contributed by atoms with Gasteiger partial charge in [0.05, 0.1) is 0 Å². The Morgan fingerprint density at radius 2 is 2.25 bits per heavy atom. The van der Waals surface area contributed by atoms with E-state index in [1.165, 1.54) is 6.42 Å². The molecule has 0 saturated carbocycles. The zero-order valence-corrected chi connectivity index (χ0v) is 5.85. The number of hydrogen-bond acceptors (Lipinski definition) is 0. The van der Waals surface area contributed by atoms with E-state index in [1.54, 1.807) is 0 Å². The fourth-order valence-electron chi connectivity index (χ4n) is 0.495. The third kappa shape index (κ3) is 3.91. The molecule has 1 atom stereocenters. The highest BCUT2D eigenvalue weighted by Gasteiger charge is 1.91. The molecule has 0 aliphatic carbocycles. The smallest absolute Gasteiger partial charge is 0.0322 e. The first-order valence-electron chi connectivity index (χ1n) is 3.25. The maximum absolute atomic E-state index is 3.94. The molecule has 8 heavy (non-hydrogen) atoms. The van der Waals surface area contributed by atoms with Gasteiger partial charge in [-0.05, 0) is 26.2 Å². The second-order valence-electron chi connectivity index (χ2n) is 2.08. The van der Waals surface area contributed by atoms with E-state index in [9.17, 15) is 0 Å². The molecule has 0 aliphatic heterocycles. The zero-order valence-electron chi connectivity index (χ0n) is 5.85. The third-order valence-electron chi connectivity index (χ3n) is 1.28. The van der Waals surface area contributed by atoms with Gasteiger partial charge in [0, 0.05) is 0 Å². The van der Waals surface area contributed by atoms with Crippen LogP contribution in [0, 0.1) is 12.8 Å². The summed E-state index contributed by atoms with van der Waals surface area (Å²) < 4.78 is 0. The SMILES string of the molecule is [CH2]C(CC)C/C=C/C. The van der Waals surface area contributed by atoms with Crippen LogP contribution in [-0.2, 0) is 0 Å². The van der Waals surface area contributed by atoms with Gasteiger partial charge in [-0.1, -0.05) is 25.5 Å². The van der Waals surface area contributed by atoms with Crippen molar-refractivity contribution in [3.63, 3.8) is 0 Å². The van der Waals surface area contributed by atoms with Crippen molar-refractivity contribution in [3.05, 3.63) is 19.1 Å². The van der Waals surface area contributed by atoms with E-state index in [0.29, 0.717) is 5.92 Å². The average molecular weight is 111 g/mol. The van der Waals surface area contributed by atoms with Crippen molar-refractivity contribution in [2.75, 3.05) is 0 Å². The first-order valence-corrected chi connectivity index (χ1v) is 3.25. The Labute approximate surface area is 52.6 Å². The number of allylic oxidation sites excluding steroid dienone is 2. The van der Waals surface area contributed by atoms with Crippen molar-refractivity contribution >= 4 is 0 Å². The molecule has 0 rings (SSSR count). The third-order valence-corrected chi connectivity index (χ3v) is 1.28. The predicted octanol–water partition coefficient (Wildman–Crippen LogP) is 2.81. The van der Waals surface area contributed by atoms with Gasteiger partial charge in [0.15, 0.2) is 0 Å². The number of hydrogen-bond donors (Lipinski definition) is 0. The fourth-order valence-corrected chi connectivity index (χ4v) is 0.495. The van der Waals surface area contributed by atoms with Crippen molar-refractivity contribution in [3.8, 4) is 0 Å². The molecule has 0 aromatic heterocycles. The van der Waals surface area contributed by atoms with Crippen molar-refractivity contribution in [2.24, 2.45) is 5.92 Å². The molecule has 0 amide bonds. The summed E-state index contributed by atoms with van der Waals surface area (Å²) >= 11 is 0. The molecule has 0 aliphatic rings. The summed E-state index contributed by atoms with van der Waals surface area (Å²) in [6, 6.07) is 0. The largest absolute Gasteiger partial charge is 0.0917 e. The van der Waals surface area contributed by atoms with Gasteiger partial charge >= 0.3 is 0 Å². The predicted molar refractivity (Wildman–Crippen MR) is 38.6 cm³/mol. The molecule has 0 aromatic rings. The Kier molecular flexibility index (Phi) is 4.73. The van der Waals surface area contributed by atoms with Crippen LogP contribution in [0.4, 0.5) is 0 Å². The van der Waals surface area contributed by atoms with Crippen molar-refractivity contribution < 1.29 is 0 Å². The highest BCUT2D eigenvalue weighted by molar-refractivity contribution is 4.80. The van der Waals surface area contributed by atoms with E-state index in [-0.39, 0.29) is 0 Å². The van der Waals surface area contributed by atoms with E-state index >= 15 is 0 Å². The quantitative estimate of drug-likeness (QED) is 0.491. The van der Waals surface area contributed by atoms with E-state index in [1.807, 2.05) is 6.92 Å². The Hall–Kier alpha value is -0.260. The van der Waals surface area contributed by atoms with Gasteiger partial charge in [-0.25, -0.2) is 0 Å². The first-order chi connectivity index (χ1) is 3.81. The summed E-state index contributed by atoms with van der Waals surface area (Å²) in [6.07, 6.45) is 6.56. The van der Waals surface area contributed by atoms with Crippen LogP contribution in [-0.4, -0.2) is 0 Å².